The molecule has 0 aromatic heterocycles. The maximum Gasteiger partial charge on any atom is 0.307 e. The fraction of sp³-hybridized carbons (Fsp3) is 0.667. The van der Waals surface area contributed by atoms with Crippen LogP contribution < -0.4 is 0 Å². The van der Waals surface area contributed by atoms with E-state index < -0.39 is 5.97 Å². The van der Waals surface area contributed by atoms with E-state index in [2.05, 4.69) is 4.99 Å². The average Bonchev–Trinajstić information content (AvgIpc) is 2.30. The van der Waals surface area contributed by atoms with Gasteiger partial charge >= 0.3 is 5.97 Å². The van der Waals surface area contributed by atoms with E-state index in [9.17, 15) is 4.79 Å². The predicted octanol–water partition coefficient (Wildman–Crippen LogP) is 0.0176. The first-order chi connectivity index (χ1) is 4.30. The van der Waals surface area contributed by atoms with Crippen LogP contribution in [0.15, 0.2) is 4.99 Å². The number of fused-ring (bicyclic) bond motifs is 1. The zero-order chi connectivity index (χ0) is 6.43. The molecule has 3 atom stereocenters. The number of aliphatic imine (C=N–C) groups is 1. The topological polar surface area (TPSA) is 49.7 Å². The summed E-state index contributed by atoms with van der Waals surface area (Å²) < 4.78 is 0. The molecule has 2 aliphatic rings. The third-order valence-electron chi connectivity index (χ3n) is 2.11. The van der Waals surface area contributed by atoms with E-state index in [1.807, 2.05) is 0 Å². The highest BCUT2D eigenvalue weighted by molar-refractivity contribution is 5.84. The molecule has 0 saturated heterocycles. The molecule has 0 amide bonds. The SMILES string of the molecule is O=C(O)[C@H]1[C@@H]2C=NC[C@@H]21. The summed E-state index contributed by atoms with van der Waals surface area (Å²) in [6.45, 7) is 0.738. The number of nitrogens with zero attached hydrogens (tertiary/aromatic N) is 1. The van der Waals surface area contributed by atoms with Crippen molar-refractivity contribution in [2.24, 2.45) is 22.7 Å². The van der Waals surface area contributed by atoms with E-state index in [4.69, 9.17) is 5.11 Å². The van der Waals surface area contributed by atoms with Gasteiger partial charge in [0.15, 0.2) is 0 Å². The smallest absolute Gasteiger partial charge is 0.307 e. The maximum atomic E-state index is 10.3. The largest absolute Gasteiger partial charge is 0.481 e. The fourth-order valence-electron chi connectivity index (χ4n) is 1.49. The summed E-state index contributed by atoms with van der Waals surface area (Å²) in [4.78, 5) is 14.3. The fourth-order valence-corrected chi connectivity index (χ4v) is 1.49. The molecule has 2 rings (SSSR count). The van der Waals surface area contributed by atoms with Gasteiger partial charge in [0.05, 0.1) is 5.92 Å². The van der Waals surface area contributed by atoms with Gasteiger partial charge in [0.1, 0.15) is 0 Å². The van der Waals surface area contributed by atoms with Crippen LogP contribution in [0, 0.1) is 17.8 Å². The monoisotopic (exact) mass is 125 g/mol. The standard InChI is InChI=1S/C6H7NO2/c8-6(9)5-3-1-7-2-4(3)5/h1,3-5H,2H2,(H,8,9)/t3-,4+,5+/m1/s1. The number of rotatable bonds is 1. The normalized spacial score (nSPS) is 44.7. The molecule has 3 heteroatoms. The zero-order valence-corrected chi connectivity index (χ0v) is 4.82. The lowest BCUT2D eigenvalue weighted by Gasteiger charge is -1.88. The quantitative estimate of drug-likeness (QED) is 0.537. The summed E-state index contributed by atoms with van der Waals surface area (Å²) in [5.74, 6) is -0.122. The third-order valence-corrected chi connectivity index (χ3v) is 2.11. The molecular weight excluding hydrogens is 118 g/mol. The van der Waals surface area contributed by atoms with E-state index in [0.29, 0.717) is 5.92 Å². The first-order valence-electron chi connectivity index (χ1n) is 3.03. The first kappa shape index (κ1) is 4.97. The highest BCUT2D eigenvalue weighted by atomic mass is 16.4. The molecule has 0 spiro atoms. The molecule has 1 aliphatic heterocycles. The van der Waals surface area contributed by atoms with Crippen LogP contribution in [-0.4, -0.2) is 23.8 Å². The third kappa shape index (κ3) is 0.515. The van der Waals surface area contributed by atoms with Gasteiger partial charge in [0, 0.05) is 24.6 Å². The van der Waals surface area contributed by atoms with Crippen molar-refractivity contribution in [1.82, 2.24) is 0 Å². The van der Waals surface area contributed by atoms with Gasteiger partial charge in [0.2, 0.25) is 0 Å². The summed E-state index contributed by atoms with van der Waals surface area (Å²) in [6, 6.07) is 0. The molecule has 9 heavy (non-hydrogen) atoms. The number of carbonyl (C=O) groups is 1. The molecule has 0 aromatic carbocycles. The second-order valence-corrected chi connectivity index (χ2v) is 2.62. The van der Waals surface area contributed by atoms with Crippen LogP contribution in [-0.2, 0) is 4.79 Å². The van der Waals surface area contributed by atoms with Crippen molar-refractivity contribution in [1.29, 1.82) is 0 Å². The van der Waals surface area contributed by atoms with Gasteiger partial charge in [-0.3, -0.25) is 9.79 Å². The Morgan fingerprint density at radius 3 is 2.89 bits per heavy atom. The molecule has 48 valence electrons. The molecule has 0 aromatic rings. The van der Waals surface area contributed by atoms with Crippen molar-refractivity contribution in [2.45, 2.75) is 0 Å². The van der Waals surface area contributed by atoms with E-state index >= 15 is 0 Å². The molecule has 1 heterocycles. The second kappa shape index (κ2) is 1.35. The van der Waals surface area contributed by atoms with Gasteiger partial charge in [-0.05, 0) is 0 Å². The Hall–Kier alpha value is -0.860. The first-order valence-corrected chi connectivity index (χ1v) is 3.03. The molecule has 0 bridgehead atoms. The lowest BCUT2D eigenvalue weighted by atomic mass is 10.3. The molecule has 0 unspecified atom stereocenters. The summed E-state index contributed by atoms with van der Waals surface area (Å²) in [6.07, 6.45) is 1.78. The Morgan fingerprint density at radius 2 is 2.56 bits per heavy atom. The number of carboxylic acids is 1. The molecule has 0 radical (unpaired) electrons. The second-order valence-electron chi connectivity index (χ2n) is 2.62. The maximum absolute atomic E-state index is 10.3. The molecule has 1 saturated carbocycles. The average molecular weight is 125 g/mol. The minimum atomic E-state index is -0.656. The molecule has 1 N–H and O–H groups in total. The Bertz CT molecular complexity index is 187. The van der Waals surface area contributed by atoms with Crippen molar-refractivity contribution in [2.75, 3.05) is 6.54 Å². The highest BCUT2D eigenvalue weighted by Crippen LogP contribution is 2.48. The zero-order valence-electron chi connectivity index (χ0n) is 4.82. The van der Waals surface area contributed by atoms with Gasteiger partial charge in [-0.15, -0.1) is 0 Å². The Balaban J connectivity index is 2.10. The summed E-state index contributed by atoms with van der Waals surface area (Å²) in [5.41, 5.74) is 0. The number of hydrogen-bond donors (Lipinski definition) is 1. The van der Waals surface area contributed by atoms with E-state index in [1.54, 1.807) is 6.21 Å². The predicted molar refractivity (Wildman–Crippen MR) is 31.5 cm³/mol. The van der Waals surface area contributed by atoms with E-state index in [1.165, 1.54) is 0 Å². The highest BCUT2D eigenvalue weighted by Gasteiger charge is 2.56. The minimum Gasteiger partial charge on any atom is -0.481 e. The Labute approximate surface area is 52.4 Å². The van der Waals surface area contributed by atoms with E-state index in [0.717, 1.165) is 6.54 Å². The van der Waals surface area contributed by atoms with Crippen molar-refractivity contribution in [3.8, 4) is 0 Å². The van der Waals surface area contributed by atoms with Gasteiger partial charge in [-0.25, -0.2) is 0 Å². The lowest BCUT2D eigenvalue weighted by molar-refractivity contribution is -0.139. The van der Waals surface area contributed by atoms with Gasteiger partial charge in [0.25, 0.3) is 0 Å². The number of carboxylic acid groups (broad SMARTS) is 1. The van der Waals surface area contributed by atoms with Gasteiger partial charge in [-0.1, -0.05) is 0 Å². The summed E-state index contributed by atoms with van der Waals surface area (Å²) in [7, 11) is 0. The van der Waals surface area contributed by atoms with Crippen LogP contribution in [0.5, 0.6) is 0 Å². The Morgan fingerprint density at radius 1 is 1.78 bits per heavy atom. The van der Waals surface area contributed by atoms with Gasteiger partial charge < -0.3 is 5.11 Å². The molecule has 1 fully saturated rings. The van der Waals surface area contributed by atoms with Crippen LogP contribution >= 0.6 is 0 Å². The van der Waals surface area contributed by atoms with E-state index in [-0.39, 0.29) is 11.8 Å². The van der Waals surface area contributed by atoms with Crippen LogP contribution in [0.2, 0.25) is 0 Å². The van der Waals surface area contributed by atoms with Crippen LogP contribution in [0.4, 0.5) is 0 Å². The van der Waals surface area contributed by atoms with Crippen molar-refractivity contribution in [3.05, 3.63) is 0 Å². The molecule has 1 aliphatic carbocycles. The summed E-state index contributed by atoms with van der Waals surface area (Å²) >= 11 is 0. The van der Waals surface area contributed by atoms with Crippen molar-refractivity contribution < 1.29 is 9.90 Å². The van der Waals surface area contributed by atoms with Crippen molar-refractivity contribution >= 4 is 12.2 Å². The number of aliphatic carboxylic acids is 1. The van der Waals surface area contributed by atoms with Gasteiger partial charge in [-0.2, -0.15) is 0 Å². The molecular formula is C6H7NO2. The Kier molecular flexibility index (Phi) is 0.743. The van der Waals surface area contributed by atoms with Crippen LogP contribution in [0.25, 0.3) is 0 Å². The van der Waals surface area contributed by atoms with Crippen LogP contribution in [0.3, 0.4) is 0 Å². The van der Waals surface area contributed by atoms with Crippen molar-refractivity contribution in [3.63, 3.8) is 0 Å². The lowest BCUT2D eigenvalue weighted by Crippen LogP contribution is -2.03. The number of hydrogen-bond acceptors (Lipinski definition) is 2. The summed E-state index contributed by atoms with van der Waals surface area (Å²) in [5, 5.41) is 8.50. The molecule has 3 nitrogen and oxygen atoms in total. The minimum absolute atomic E-state index is 0.0949. The van der Waals surface area contributed by atoms with Crippen LogP contribution in [0.1, 0.15) is 0 Å².